The maximum absolute atomic E-state index is 5.98. The smallest absolute Gasteiger partial charge is 0.0429 e. The second-order valence-corrected chi connectivity index (χ2v) is 6.56. The van der Waals surface area contributed by atoms with E-state index in [0.29, 0.717) is 5.92 Å². The zero-order valence-electron chi connectivity index (χ0n) is 12.6. The lowest BCUT2D eigenvalue weighted by Crippen LogP contribution is -2.20. The van der Waals surface area contributed by atoms with Crippen LogP contribution in [0.2, 0.25) is 5.02 Å². The third-order valence-electron chi connectivity index (χ3n) is 4.56. The summed E-state index contributed by atoms with van der Waals surface area (Å²) in [7, 11) is 0. The molecule has 4 rings (SSSR count). The minimum atomic E-state index is 0.563. The van der Waals surface area contributed by atoms with Crippen LogP contribution in [0.15, 0.2) is 60.7 Å². The van der Waals surface area contributed by atoms with E-state index < -0.39 is 0 Å². The summed E-state index contributed by atoms with van der Waals surface area (Å²) in [5, 5.41) is 3.53. The summed E-state index contributed by atoms with van der Waals surface area (Å²) in [4.78, 5) is 2.48. The van der Waals surface area contributed by atoms with Crippen LogP contribution in [0.3, 0.4) is 0 Å². The Labute approximate surface area is 136 Å². The molecule has 0 saturated carbocycles. The van der Waals surface area contributed by atoms with Crippen molar-refractivity contribution in [3.63, 3.8) is 0 Å². The number of anilines is 1. The first kappa shape index (κ1) is 13.7. The molecule has 1 heterocycles. The lowest BCUT2D eigenvalue weighted by molar-refractivity contribution is 0.748. The molecule has 0 amide bonds. The van der Waals surface area contributed by atoms with Crippen molar-refractivity contribution in [2.24, 2.45) is 0 Å². The van der Waals surface area contributed by atoms with Crippen molar-refractivity contribution in [1.29, 1.82) is 0 Å². The van der Waals surface area contributed by atoms with Gasteiger partial charge in [-0.1, -0.05) is 61.0 Å². The molecule has 0 saturated heterocycles. The predicted octanol–water partition coefficient (Wildman–Crippen LogP) is 5.62. The highest BCUT2D eigenvalue weighted by Crippen LogP contribution is 2.41. The highest BCUT2D eigenvalue weighted by Gasteiger charge is 2.27. The van der Waals surface area contributed by atoms with Crippen molar-refractivity contribution in [2.75, 3.05) is 11.4 Å². The van der Waals surface area contributed by atoms with Gasteiger partial charge in [0.15, 0.2) is 0 Å². The first-order chi connectivity index (χ1) is 10.7. The second-order valence-electron chi connectivity index (χ2n) is 6.13. The fraction of sp³-hybridized carbons (Fsp3) is 0.200. The number of nitrogens with zero attached hydrogens (tertiary/aromatic N) is 1. The lowest BCUT2D eigenvalue weighted by Gasteiger charge is -2.20. The van der Waals surface area contributed by atoms with Gasteiger partial charge in [0.2, 0.25) is 0 Å². The number of hydrogen-bond acceptors (Lipinski definition) is 1. The molecule has 1 atom stereocenters. The van der Waals surface area contributed by atoms with Crippen LogP contribution in [0.4, 0.5) is 5.69 Å². The van der Waals surface area contributed by atoms with Crippen molar-refractivity contribution >= 4 is 28.1 Å². The molecule has 0 spiro atoms. The molecule has 0 radical (unpaired) electrons. The zero-order valence-corrected chi connectivity index (χ0v) is 13.3. The molecular weight excluding hydrogens is 290 g/mol. The first-order valence-corrected chi connectivity index (χ1v) is 8.11. The number of fused-ring (bicyclic) bond motifs is 3. The molecule has 2 heteroatoms. The Morgan fingerprint density at radius 1 is 1.00 bits per heavy atom. The second kappa shape index (κ2) is 5.33. The molecule has 3 aromatic carbocycles. The summed E-state index contributed by atoms with van der Waals surface area (Å²) in [6.07, 6.45) is 0. The Bertz CT molecular complexity index is 823. The largest absolute Gasteiger partial charge is 0.366 e. The van der Waals surface area contributed by atoms with Gasteiger partial charge in [0.25, 0.3) is 0 Å². The van der Waals surface area contributed by atoms with Crippen molar-refractivity contribution in [3.8, 4) is 0 Å². The van der Waals surface area contributed by atoms with Gasteiger partial charge < -0.3 is 4.90 Å². The normalized spacial score (nSPS) is 17.0. The summed E-state index contributed by atoms with van der Waals surface area (Å²) in [5.41, 5.74) is 4.17. The van der Waals surface area contributed by atoms with Gasteiger partial charge in [0.05, 0.1) is 0 Å². The van der Waals surface area contributed by atoms with Crippen LogP contribution in [-0.4, -0.2) is 6.54 Å². The molecule has 0 N–H and O–H groups in total. The Hall–Kier alpha value is -1.99. The summed E-state index contributed by atoms with van der Waals surface area (Å²) in [6.45, 7) is 4.34. The molecule has 0 fully saturated rings. The summed E-state index contributed by atoms with van der Waals surface area (Å²) in [5.74, 6) is 0.563. The summed E-state index contributed by atoms with van der Waals surface area (Å²) >= 11 is 5.98. The molecule has 3 aromatic rings. The molecular formula is C20H18ClN. The fourth-order valence-corrected chi connectivity index (χ4v) is 3.68. The molecule has 1 nitrogen and oxygen atoms in total. The van der Waals surface area contributed by atoms with E-state index in [-0.39, 0.29) is 0 Å². The van der Waals surface area contributed by atoms with Crippen molar-refractivity contribution in [2.45, 2.75) is 19.4 Å². The topological polar surface area (TPSA) is 3.24 Å². The molecule has 22 heavy (non-hydrogen) atoms. The van der Waals surface area contributed by atoms with E-state index in [0.717, 1.165) is 18.1 Å². The molecule has 1 unspecified atom stereocenters. The maximum Gasteiger partial charge on any atom is 0.0429 e. The van der Waals surface area contributed by atoms with Gasteiger partial charge in [-0.2, -0.15) is 0 Å². The van der Waals surface area contributed by atoms with Crippen LogP contribution in [0, 0.1) is 0 Å². The van der Waals surface area contributed by atoms with Crippen LogP contribution in [0.5, 0.6) is 0 Å². The summed E-state index contributed by atoms with van der Waals surface area (Å²) in [6, 6.07) is 21.4. The zero-order chi connectivity index (χ0) is 15.1. The predicted molar refractivity (Wildman–Crippen MR) is 94.9 cm³/mol. The molecule has 1 aliphatic rings. The molecule has 110 valence electrons. The van der Waals surface area contributed by atoms with E-state index in [2.05, 4.69) is 60.4 Å². The first-order valence-electron chi connectivity index (χ1n) is 7.73. The Kier molecular flexibility index (Phi) is 3.31. The van der Waals surface area contributed by atoms with E-state index in [1.54, 1.807) is 0 Å². The fourth-order valence-electron chi connectivity index (χ4n) is 3.56. The number of benzene rings is 3. The average Bonchev–Trinajstić information content (AvgIpc) is 2.86. The molecule has 0 bridgehead atoms. The van der Waals surface area contributed by atoms with Crippen LogP contribution in [0.1, 0.15) is 24.0 Å². The third kappa shape index (κ3) is 2.26. The molecule has 0 aromatic heterocycles. The maximum atomic E-state index is 5.98. The van der Waals surface area contributed by atoms with Crippen molar-refractivity contribution in [3.05, 3.63) is 76.8 Å². The van der Waals surface area contributed by atoms with Gasteiger partial charge in [-0.15, -0.1) is 0 Å². The van der Waals surface area contributed by atoms with Crippen LogP contribution in [-0.2, 0) is 6.54 Å². The Morgan fingerprint density at radius 3 is 2.59 bits per heavy atom. The lowest BCUT2D eigenvalue weighted by atomic mass is 9.96. The van der Waals surface area contributed by atoms with Crippen LogP contribution < -0.4 is 4.90 Å². The van der Waals surface area contributed by atoms with Gasteiger partial charge >= 0.3 is 0 Å². The SMILES string of the molecule is CC1CN(Cc2ccc(Cl)cc2)c2ccc3ccccc3c21. The van der Waals surface area contributed by atoms with Crippen LogP contribution in [0.25, 0.3) is 10.8 Å². The van der Waals surface area contributed by atoms with Crippen molar-refractivity contribution < 1.29 is 0 Å². The number of hydrogen-bond donors (Lipinski definition) is 0. The minimum absolute atomic E-state index is 0.563. The van der Waals surface area contributed by atoms with E-state index >= 15 is 0 Å². The van der Waals surface area contributed by atoms with E-state index in [4.69, 9.17) is 11.6 Å². The Morgan fingerprint density at radius 2 is 1.77 bits per heavy atom. The van der Waals surface area contributed by atoms with E-state index in [1.807, 2.05) is 12.1 Å². The quantitative estimate of drug-likeness (QED) is 0.594. The number of halogens is 1. The van der Waals surface area contributed by atoms with Crippen LogP contribution >= 0.6 is 11.6 Å². The Balaban J connectivity index is 1.74. The van der Waals surface area contributed by atoms with Crippen molar-refractivity contribution in [1.82, 2.24) is 0 Å². The minimum Gasteiger partial charge on any atom is -0.366 e. The van der Waals surface area contributed by atoms with E-state index in [9.17, 15) is 0 Å². The van der Waals surface area contributed by atoms with Gasteiger partial charge in [-0.3, -0.25) is 0 Å². The van der Waals surface area contributed by atoms with Gasteiger partial charge in [-0.05, 0) is 40.1 Å². The highest BCUT2D eigenvalue weighted by molar-refractivity contribution is 6.30. The average molecular weight is 308 g/mol. The standard InChI is InChI=1S/C20H18ClN/c1-14-12-22(13-15-6-9-17(21)10-7-15)19-11-8-16-4-2-3-5-18(16)20(14)19/h2-11,14H,12-13H2,1H3. The number of rotatable bonds is 2. The third-order valence-corrected chi connectivity index (χ3v) is 4.81. The highest BCUT2D eigenvalue weighted by atomic mass is 35.5. The van der Waals surface area contributed by atoms with Gasteiger partial charge in [0, 0.05) is 29.7 Å². The van der Waals surface area contributed by atoms with Gasteiger partial charge in [0.1, 0.15) is 0 Å². The van der Waals surface area contributed by atoms with Gasteiger partial charge in [-0.25, -0.2) is 0 Å². The molecule has 0 aliphatic carbocycles. The molecule has 1 aliphatic heterocycles. The van der Waals surface area contributed by atoms with E-state index in [1.165, 1.54) is 27.6 Å². The summed E-state index contributed by atoms with van der Waals surface area (Å²) < 4.78 is 0. The monoisotopic (exact) mass is 307 g/mol.